The smallest absolute Gasteiger partial charge is 0.319 e. The predicted octanol–water partition coefficient (Wildman–Crippen LogP) is 1.71. The lowest BCUT2D eigenvalue weighted by Gasteiger charge is -2.13. The third-order valence-electron chi connectivity index (χ3n) is 3.12. The molecule has 2 rings (SSSR count). The molecule has 7 nitrogen and oxygen atoms in total. The van der Waals surface area contributed by atoms with Crippen molar-refractivity contribution in [2.45, 2.75) is 19.4 Å². The topological polar surface area (TPSA) is 92.1 Å². The Kier molecular flexibility index (Phi) is 5.28. The van der Waals surface area contributed by atoms with Crippen LogP contribution in [0.1, 0.15) is 24.4 Å². The summed E-state index contributed by atoms with van der Waals surface area (Å²) in [6.07, 6.45) is 1.80. The van der Waals surface area contributed by atoms with Crippen LogP contribution < -0.4 is 16.0 Å². The number of urea groups is 1. The van der Waals surface area contributed by atoms with E-state index in [9.17, 15) is 4.79 Å². The number of anilines is 1. The molecule has 112 valence electrons. The molecular formula is C14H19N5O2. The van der Waals surface area contributed by atoms with Gasteiger partial charge in [0.1, 0.15) is 0 Å². The Bertz CT molecular complexity index is 571. The first-order valence-corrected chi connectivity index (χ1v) is 6.76. The van der Waals surface area contributed by atoms with Crippen LogP contribution in [0.3, 0.4) is 0 Å². The average Bonchev–Trinajstić information content (AvgIpc) is 3.00. The third-order valence-corrected chi connectivity index (χ3v) is 3.12. The first-order chi connectivity index (χ1) is 10.2. The van der Waals surface area contributed by atoms with Crippen molar-refractivity contribution in [2.24, 2.45) is 0 Å². The van der Waals surface area contributed by atoms with Crippen LogP contribution in [0.2, 0.25) is 0 Å². The molecule has 21 heavy (non-hydrogen) atoms. The highest BCUT2D eigenvalue weighted by Crippen LogP contribution is 2.16. The summed E-state index contributed by atoms with van der Waals surface area (Å²) >= 11 is 0. The molecular weight excluding hydrogens is 270 g/mol. The highest BCUT2D eigenvalue weighted by atomic mass is 16.5. The minimum Gasteiger partial charge on any atom is -0.343 e. The van der Waals surface area contributed by atoms with Crippen LogP contribution in [0.5, 0.6) is 0 Å². The molecule has 1 heterocycles. The fourth-order valence-corrected chi connectivity index (χ4v) is 1.82. The number of hydrogen-bond donors (Lipinski definition) is 3. The van der Waals surface area contributed by atoms with E-state index in [1.807, 2.05) is 31.3 Å². The van der Waals surface area contributed by atoms with Gasteiger partial charge in [-0.25, -0.2) is 4.79 Å². The first kappa shape index (κ1) is 15.0. The Hall–Kier alpha value is -2.41. The lowest BCUT2D eigenvalue weighted by Crippen LogP contribution is -2.30. The van der Waals surface area contributed by atoms with E-state index in [1.54, 1.807) is 0 Å². The third kappa shape index (κ3) is 4.57. The molecule has 1 unspecified atom stereocenters. The Balaban J connectivity index is 1.82. The number of amides is 2. The molecule has 0 spiro atoms. The highest BCUT2D eigenvalue weighted by molar-refractivity contribution is 5.89. The zero-order valence-electron chi connectivity index (χ0n) is 12.1. The van der Waals surface area contributed by atoms with E-state index in [0.717, 1.165) is 11.3 Å². The average molecular weight is 289 g/mol. The quantitative estimate of drug-likeness (QED) is 0.753. The molecule has 1 atom stereocenters. The van der Waals surface area contributed by atoms with Gasteiger partial charge in [-0.3, -0.25) is 0 Å². The standard InChI is InChI=1S/C14H19N5O2/c1-10(15-2)11-4-3-5-12(8-11)18-14(20)16-7-6-13-17-9-21-19-13/h3-5,8-10,15H,6-7H2,1-2H3,(H2,16,18,20). The van der Waals surface area contributed by atoms with Gasteiger partial charge < -0.3 is 20.5 Å². The molecule has 1 aromatic heterocycles. The van der Waals surface area contributed by atoms with E-state index in [1.165, 1.54) is 6.39 Å². The van der Waals surface area contributed by atoms with Crippen LogP contribution in [-0.4, -0.2) is 29.8 Å². The summed E-state index contributed by atoms with van der Waals surface area (Å²) in [6, 6.07) is 7.70. The maximum absolute atomic E-state index is 11.8. The molecule has 7 heteroatoms. The number of aromatic nitrogens is 2. The maximum Gasteiger partial charge on any atom is 0.319 e. The summed E-state index contributed by atoms with van der Waals surface area (Å²) in [5.41, 5.74) is 1.87. The van der Waals surface area contributed by atoms with Crippen molar-refractivity contribution in [1.29, 1.82) is 0 Å². The molecule has 0 radical (unpaired) electrons. The van der Waals surface area contributed by atoms with Gasteiger partial charge in [0.25, 0.3) is 0 Å². The van der Waals surface area contributed by atoms with E-state index in [0.29, 0.717) is 18.8 Å². The summed E-state index contributed by atoms with van der Waals surface area (Å²) in [5.74, 6) is 0.570. The molecule has 1 aromatic carbocycles. The number of benzene rings is 1. The minimum absolute atomic E-state index is 0.230. The molecule has 0 bridgehead atoms. The second-order valence-electron chi connectivity index (χ2n) is 4.61. The fourth-order valence-electron chi connectivity index (χ4n) is 1.82. The molecule has 3 N–H and O–H groups in total. The number of nitrogens with zero attached hydrogens (tertiary/aromatic N) is 2. The Morgan fingerprint density at radius 2 is 2.29 bits per heavy atom. The fraction of sp³-hybridized carbons (Fsp3) is 0.357. The summed E-state index contributed by atoms with van der Waals surface area (Å²) in [7, 11) is 1.90. The second-order valence-corrected chi connectivity index (χ2v) is 4.61. The Labute approximate surface area is 123 Å². The van der Waals surface area contributed by atoms with Gasteiger partial charge in [-0.1, -0.05) is 17.3 Å². The predicted molar refractivity (Wildman–Crippen MR) is 78.9 cm³/mol. The van der Waals surface area contributed by atoms with Gasteiger partial charge >= 0.3 is 6.03 Å². The van der Waals surface area contributed by atoms with E-state index >= 15 is 0 Å². The van der Waals surface area contributed by atoms with Crippen molar-refractivity contribution in [3.05, 3.63) is 42.0 Å². The molecule has 0 aliphatic carbocycles. The van der Waals surface area contributed by atoms with E-state index < -0.39 is 0 Å². The van der Waals surface area contributed by atoms with Crippen molar-refractivity contribution in [3.63, 3.8) is 0 Å². The number of hydrogen-bond acceptors (Lipinski definition) is 5. The van der Waals surface area contributed by atoms with E-state index in [4.69, 9.17) is 0 Å². The van der Waals surface area contributed by atoms with Crippen LogP contribution in [0, 0.1) is 0 Å². The zero-order valence-corrected chi connectivity index (χ0v) is 12.1. The summed E-state index contributed by atoms with van der Waals surface area (Å²) < 4.78 is 4.62. The lowest BCUT2D eigenvalue weighted by atomic mass is 10.1. The van der Waals surface area contributed by atoms with E-state index in [-0.39, 0.29) is 12.1 Å². The minimum atomic E-state index is -0.257. The molecule has 2 amide bonds. The molecule has 0 aliphatic heterocycles. The zero-order chi connectivity index (χ0) is 15.1. The van der Waals surface area contributed by atoms with Crippen LogP contribution in [0.4, 0.5) is 10.5 Å². The van der Waals surface area contributed by atoms with E-state index in [2.05, 4.69) is 37.5 Å². The van der Waals surface area contributed by atoms with Crippen molar-refractivity contribution in [2.75, 3.05) is 18.9 Å². The number of rotatable bonds is 6. The second kappa shape index (κ2) is 7.39. The highest BCUT2D eigenvalue weighted by Gasteiger charge is 2.06. The lowest BCUT2D eigenvalue weighted by molar-refractivity contribution is 0.252. The first-order valence-electron chi connectivity index (χ1n) is 6.76. The van der Waals surface area contributed by atoms with Crippen molar-refractivity contribution in [3.8, 4) is 0 Å². The summed E-state index contributed by atoms with van der Waals surface area (Å²) in [5, 5.41) is 12.4. The number of carbonyl (C=O) groups is 1. The molecule has 2 aromatic rings. The van der Waals surface area contributed by atoms with Crippen LogP contribution in [0.15, 0.2) is 35.2 Å². The van der Waals surface area contributed by atoms with Crippen molar-refractivity contribution in [1.82, 2.24) is 20.8 Å². The van der Waals surface area contributed by atoms with Gasteiger partial charge in [0.05, 0.1) is 0 Å². The van der Waals surface area contributed by atoms with Gasteiger partial charge in [-0.05, 0) is 31.7 Å². The van der Waals surface area contributed by atoms with Crippen molar-refractivity contribution < 1.29 is 9.32 Å². The van der Waals surface area contributed by atoms with Gasteiger partial charge in [0.15, 0.2) is 5.82 Å². The summed E-state index contributed by atoms with van der Waals surface area (Å²) in [6.45, 7) is 2.50. The maximum atomic E-state index is 11.8. The number of nitrogens with one attached hydrogen (secondary N) is 3. The van der Waals surface area contributed by atoms with Crippen LogP contribution >= 0.6 is 0 Å². The van der Waals surface area contributed by atoms with Gasteiger partial charge in [0, 0.05) is 24.7 Å². The molecule has 0 aliphatic rings. The molecule has 0 saturated heterocycles. The number of carbonyl (C=O) groups excluding carboxylic acids is 1. The van der Waals surface area contributed by atoms with Gasteiger partial charge in [0.2, 0.25) is 6.39 Å². The van der Waals surface area contributed by atoms with Gasteiger partial charge in [-0.15, -0.1) is 0 Å². The Morgan fingerprint density at radius 1 is 1.43 bits per heavy atom. The van der Waals surface area contributed by atoms with Crippen molar-refractivity contribution >= 4 is 11.7 Å². The van der Waals surface area contributed by atoms with Crippen LogP contribution in [0.25, 0.3) is 0 Å². The summed E-state index contributed by atoms with van der Waals surface area (Å²) in [4.78, 5) is 15.7. The Morgan fingerprint density at radius 3 is 3.00 bits per heavy atom. The van der Waals surface area contributed by atoms with Gasteiger partial charge in [-0.2, -0.15) is 4.98 Å². The monoisotopic (exact) mass is 289 g/mol. The largest absolute Gasteiger partial charge is 0.343 e. The molecule has 0 fully saturated rings. The normalized spacial score (nSPS) is 11.9. The van der Waals surface area contributed by atoms with Crippen LogP contribution in [-0.2, 0) is 6.42 Å². The SMILES string of the molecule is CNC(C)c1cccc(NC(=O)NCCc2ncon2)c1. The molecule has 0 saturated carbocycles.